The van der Waals surface area contributed by atoms with Gasteiger partial charge in [0.25, 0.3) is 0 Å². The Morgan fingerprint density at radius 2 is 2.30 bits per heavy atom. The lowest BCUT2D eigenvalue weighted by atomic mass is 10.1. The number of hydrogen-bond acceptors (Lipinski definition) is 4. The molecule has 3 heterocycles. The minimum absolute atomic E-state index is 0.00321. The quantitative estimate of drug-likeness (QED) is 0.937. The number of nitrogens with zero attached hydrogens (tertiary/aromatic N) is 3. The van der Waals surface area contributed by atoms with Crippen molar-refractivity contribution in [3.8, 4) is 0 Å². The standard InChI is InChI=1S/C14H16N4OS/c1-2-13-15-7-8-18(13)9-10-3-5-12(20-10)11-4-6-14(19)17-16-11/h3,5,7-8H,2,4,6,9H2,1H3,(H,17,19). The molecular weight excluding hydrogens is 272 g/mol. The van der Waals surface area contributed by atoms with Crippen LogP contribution in [-0.2, 0) is 17.8 Å². The number of hydrogen-bond donors (Lipinski definition) is 1. The second kappa shape index (κ2) is 5.58. The number of nitrogens with one attached hydrogen (secondary N) is 1. The Balaban J connectivity index is 1.76. The summed E-state index contributed by atoms with van der Waals surface area (Å²) >= 11 is 1.73. The Labute approximate surface area is 121 Å². The number of amides is 1. The van der Waals surface area contributed by atoms with E-state index >= 15 is 0 Å². The zero-order chi connectivity index (χ0) is 13.9. The number of thiophene rings is 1. The van der Waals surface area contributed by atoms with Crippen molar-refractivity contribution >= 4 is 23.0 Å². The third-order valence-electron chi connectivity index (χ3n) is 3.29. The molecule has 2 aromatic heterocycles. The first-order valence-corrected chi connectivity index (χ1v) is 7.52. The van der Waals surface area contributed by atoms with Gasteiger partial charge in [-0.1, -0.05) is 6.92 Å². The fraction of sp³-hybridized carbons (Fsp3) is 0.357. The zero-order valence-corrected chi connectivity index (χ0v) is 12.1. The molecule has 20 heavy (non-hydrogen) atoms. The number of hydrazone groups is 1. The predicted octanol–water partition coefficient (Wildman–Crippen LogP) is 2.17. The van der Waals surface area contributed by atoms with Crippen molar-refractivity contribution in [2.45, 2.75) is 32.7 Å². The summed E-state index contributed by atoms with van der Waals surface area (Å²) in [5.74, 6) is 1.10. The number of imidazole rings is 1. The van der Waals surface area contributed by atoms with Crippen LogP contribution in [0.1, 0.15) is 35.3 Å². The van der Waals surface area contributed by atoms with E-state index in [0.717, 1.165) is 35.8 Å². The van der Waals surface area contributed by atoms with Crippen LogP contribution < -0.4 is 5.43 Å². The molecule has 1 amide bonds. The maximum absolute atomic E-state index is 11.1. The molecule has 0 aliphatic carbocycles. The van der Waals surface area contributed by atoms with Crippen LogP contribution in [0.4, 0.5) is 0 Å². The fourth-order valence-corrected chi connectivity index (χ4v) is 3.26. The van der Waals surface area contributed by atoms with Crippen molar-refractivity contribution in [3.63, 3.8) is 0 Å². The third-order valence-corrected chi connectivity index (χ3v) is 4.41. The summed E-state index contributed by atoms with van der Waals surface area (Å²) in [5, 5.41) is 4.13. The normalized spacial score (nSPS) is 15.1. The summed E-state index contributed by atoms with van der Waals surface area (Å²) in [6.45, 7) is 2.95. The molecule has 1 N–H and O–H groups in total. The first kappa shape index (κ1) is 13.1. The van der Waals surface area contributed by atoms with Gasteiger partial charge in [0.2, 0.25) is 5.91 Å². The molecule has 0 radical (unpaired) electrons. The van der Waals surface area contributed by atoms with E-state index in [0.29, 0.717) is 6.42 Å². The highest BCUT2D eigenvalue weighted by atomic mass is 32.1. The van der Waals surface area contributed by atoms with Gasteiger partial charge in [-0.3, -0.25) is 4.79 Å². The molecule has 0 atom stereocenters. The van der Waals surface area contributed by atoms with Gasteiger partial charge in [-0.2, -0.15) is 5.10 Å². The van der Waals surface area contributed by atoms with Gasteiger partial charge in [0.1, 0.15) is 5.82 Å². The van der Waals surface area contributed by atoms with Crippen LogP contribution in [0.15, 0.2) is 29.6 Å². The summed E-state index contributed by atoms with van der Waals surface area (Å²) in [4.78, 5) is 17.8. The Morgan fingerprint density at radius 3 is 3.05 bits per heavy atom. The van der Waals surface area contributed by atoms with Crippen LogP contribution in [0.25, 0.3) is 0 Å². The van der Waals surface area contributed by atoms with E-state index in [-0.39, 0.29) is 5.91 Å². The van der Waals surface area contributed by atoms with E-state index in [2.05, 4.69) is 39.1 Å². The average molecular weight is 288 g/mol. The van der Waals surface area contributed by atoms with Crippen molar-refractivity contribution in [2.24, 2.45) is 5.10 Å². The first-order chi connectivity index (χ1) is 9.76. The van der Waals surface area contributed by atoms with Crippen LogP contribution in [0.5, 0.6) is 0 Å². The minimum atomic E-state index is -0.00321. The predicted molar refractivity (Wildman–Crippen MR) is 78.9 cm³/mol. The summed E-state index contributed by atoms with van der Waals surface area (Å²) in [5.41, 5.74) is 3.52. The number of carbonyl (C=O) groups is 1. The molecule has 0 bridgehead atoms. The second-order valence-corrected chi connectivity index (χ2v) is 5.85. The van der Waals surface area contributed by atoms with Gasteiger partial charge in [-0.25, -0.2) is 10.4 Å². The highest BCUT2D eigenvalue weighted by Gasteiger charge is 2.15. The largest absolute Gasteiger partial charge is 0.330 e. The Hall–Kier alpha value is -1.95. The van der Waals surface area contributed by atoms with E-state index in [4.69, 9.17) is 0 Å². The SMILES string of the molecule is CCc1nccn1Cc1ccc(C2=NNC(=O)CC2)s1. The number of carbonyl (C=O) groups excluding carboxylic acids is 1. The zero-order valence-electron chi connectivity index (χ0n) is 11.3. The van der Waals surface area contributed by atoms with Gasteiger partial charge in [-0.05, 0) is 12.1 Å². The van der Waals surface area contributed by atoms with E-state index in [1.165, 1.54) is 4.88 Å². The molecule has 6 heteroatoms. The lowest BCUT2D eigenvalue weighted by Crippen LogP contribution is -2.25. The molecule has 0 saturated carbocycles. The van der Waals surface area contributed by atoms with Gasteiger partial charge in [0, 0.05) is 36.5 Å². The van der Waals surface area contributed by atoms with Crippen molar-refractivity contribution in [3.05, 3.63) is 40.1 Å². The maximum Gasteiger partial charge on any atom is 0.240 e. The lowest BCUT2D eigenvalue weighted by molar-refractivity contribution is -0.121. The maximum atomic E-state index is 11.1. The summed E-state index contributed by atoms with van der Waals surface area (Å²) in [6.07, 6.45) is 6.03. The van der Waals surface area contributed by atoms with E-state index < -0.39 is 0 Å². The molecule has 5 nitrogen and oxygen atoms in total. The molecule has 0 spiro atoms. The minimum Gasteiger partial charge on any atom is -0.330 e. The van der Waals surface area contributed by atoms with Gasteiger partial charge < -0.3 is 4.57 Å². The van der Waals surface area contributed by atoms with Gasteiger partial charge in [0.05, 0.1) is 17.1 Å². The van der Waals surface area contributed by atoms with Crippen LogP contribution in [0, 0.1) is 0 Å². The van der Waals surface area contributed by atoms with Gasteiger partial charge in [-0.15, -0.1) is 11.3 Å². The number of rotatable bonds is 4. The molecule has 0 unspecified atom stereocenters. The highest BCUT2D eigenvalue weighted by molar-refractivity contribution is 7.14. The molecule has 2 aromatic rings. The Bertz CT molecular complexity index is 656. The van der Waals surface area contributed by atoms with Crippen LogP contribution in [0.3, 0.4) is 0 Å². The molecule has 0 saturated heterocycles. The molecule has 1 aliphatic heterocycles. The van der Waals surface area contributed by atoms with Crippen molar-refractivity contribution in [1.29, 1.82) is 0 Å². The Kier molecular flexibility index (Phi) is 3.64. The van der Waals surface area contributed by atoms with Crippen molar-refractivity contribution < 1.29 is 4.79 Å². The smallest absolute Gasteiger partial charge is 0.240 e. The lowest BCUT2D eigenvalue weighted by Gasteiger charge is -2.10. The molecule has 3 rings (SSSR count). The molecule has 104 valence electrons. The van der Waals surface area contributed by atoms with Crippen molar-refractivity contribution in [2.75, 3.05) is 0 Å². The van der Waals surface area contributed by atoms with E-state index in [1.54, 1.807) is 11.3 Å². The summed E-state index contributed by atoms with van der Waals surface area (Å²) in [7, 11) is 0. The van der Waals surface area contributed by atoms with E-state index in [1.807, 2.05) is 12.4 Å². The molecule has 0 fully saturated rings. The average Bonchev–Trinajstić information content (AvgIpc) is 3.09. The van der Waals surface area contributed by atoms with Crippen LogP contribution in [0.2, 0.25) is 0 Å². The summed E-state index contributed by atoms with van der Waals surface area (Å²) in [6, 6.07) is 4.21. The topological polar surface area (TPSA) is 59.3 Å². The fourth-order valence-electron chi connectivity index (χ4n) is 2.24. The number of aromatic nitrogens is 2. The molecule has 1 aliphatic rings. The van der Waals surface area contributed by atoms with Crippen molar-refractivity contribution in [1.82, 2.24) is 15.0 Å². The third kappa shape index (κ3) is 2.65. The van der Waals surface area contributed by atoms with E-state index in [9.17, 15) is 4.79 Å². The van der Waals surface area contributed by atoms with Crippen LogP contribution >= 0.6 is 11.3 Å². The Morgan fingerprint density at radius 1 is 1.40 bits per heavy atom. The first-order valence-electron chi connectivity index (χ1n) is 6.70. The van der Waals surface area contributed by atoms with Crippen LogP contribution in [-0.4, -0.2) is 21.2 Å². The molecular formula is C14H16N4OS. The monoisotopic (exact) mass is 288 g/mol. The highest BCUT2D eigenvalue weighted by Crippen LogP contribution is 2.21. The molecule has 0 aromatic carbocycles. The second-order valence-electron chi connectivity index (χ2n) is 4.68. The number of aryl methyl sites for hydroxylation is 1. The van der Waals surface area contributed by atoms with Gasteiger partial charge in [0.15, 0.2) is 0 Å². The van der Waals surface area contributed by atoms with Gasteiger partial charge >= 0.3 is 0 Å². The summed E-state index contributed by atoms with van der Waals surface area (Å²) < 4.78 is 2.17.